The van der Waals surface area contributed by atoms with Crippen molar-refractivity contribution in [3.8, 4) is 0 Å². The molecule has 1 fully saturated rings. The summed E-state index contributed by atoms with van der Waals surface area (Å²) in [5, 5.41) is 11.5. The number of alkyl halides is 3. The van der Waals surface area contributed by atoms with Gasteiger partial charge in [0.25, 0.3) is 0 Å². The van der Waals surface area contributed by atoms with Crippen LogP contribution in [-0.2, 0) is 11.0 Å². The largest absolute Gasteiger partial charge is 0.416 e. The van der Waals surface area contributed by atoms with Crippen molar-refractivity contribution in [1.82, 2.24) is 14.8 Å². The van der Waals surface area contributed by atoms with E-state index in [0.29, 0.717) is 11.2 Å². The van der Waals surface area contributed by atoms with E-state index in [-0.39, 0.29) is 17.3 Å². The molecule has 1 heterocycles. The Balaban J connectivity index is 1.62. The van der Waals surface area contributed by atoms with Gasteiger partial charge < -0.3 is 9.88 Å². The number of hydrogen-bond acceptors (Lipinski definition) is 4. The predicted molar refractivity (Wildman–Crippen MR) is 97.7 cm³/mol. The molecule has 1 N–H and O–H groups in total. The summed E-state index contributed by atoms with van der Waals surface area (Å²) in [5.74, 6) is 0.499. The van der Waals surface area contributed by atoms with Gasteiger partial charge in [0, 0.05) is 11.7 Å². The number of hydrogen-bond donors (Lipinski definition) is 1. The maximum Gasteiger partial charge on any atom is 0.416 e. The van der Waals surface area contributed by atoms with Gasteiger partial charge >= 0.3 is 6.18 Å². The highest BCUT2D eigenvalue weighted by atomic mass is 32.2. The summed E-state index contributed by atoms with van der Waals surface area (Å²) in [7, 11) is 0. The summed E-state index contributed by atoms with van der Waals surface area (Å²) in [6.45, 7) is 1.90. The summed E-state index contributed by atoms with van der Waals surface area (Å²) in [4.78, 5) is 12.2. The lowest BCUT2D eigenvalue weighted by molar-refractivity contribution is -0.137. The molecule has 1 aliphatic rings. The Morgan fingerprint density at radius 3 is 2.70 bits per heavy atom. The average molecular weight is 398 g/mol. The van der Waals surface area contributed by atoms with Crippen LogP contribution in [-0.4, -0.2) is 26.4 Å². The van der Waals surface area contributed by atoms with E-state index in [4.69, 9.17) is 0 Å². The van der Waals surface area contributed by atoms with Gasteiger partial charge in [-0.15, -0.1) is 10.2 Å². The lowest BCUT2D eigenvalue weighted by Gasteiger charge is -2.24. The molecular weight excluding hydrogens is 377 g/mol. The summed E-state index contributed by atoms with van der Waals surface area (Å²) < 4.78 is 40.4. The topological polar surface area (TPSA) is 59.8 Å². The van der Waals surface area contributed by atoms with E-state index in [9.17, 15) is 18.0 Å². The maximum atomic E-state index is 12.8. The number of amides is 1. The van der Waals surface area contributed by atoms with Gasteiger partial charge in [-0.2, -0.15) is 13.2 Å². The fraction of sp³-hybridized carbons (Fsp3) is 0.500. The van der Waals surface area contributed by atoms with E-state index in [1.807, 2.05) is 6.92 Å². The van der Waals surface area contributed by atoms with Crippen LogP contribution < -0.4 is 5.32 Å². The Morgan fingerprint density at radius 1 is 1.26 bits per heavy atom. The minimum Gasteiger partial charge on any atom is -0.325 e. The van der Waals surface area contributed by atoms with Crippen molar-refractivity contribution in [2.24, 2.45) is 0 Å². The molecule has 0 spiro atoms. The smallest absolute Gasteiger partial charge is 0.325 e. The number of aromatic nitrogens is 3. The van der Waals surface area contributed by atoms with Crippen molar-refractivity contribution < 1.29 is 18.0 Å². The molecule has 1 amide bonds. The normalized spacial score (nSPS) is 15.7. The molecule has 3 rings (SSSR count). The highest BCUT2D eigenvalue weighted by Crippen LogP contribution is 2.33. The average Bonchev–Trinajstić information content (AvgIpc) is 3.01. The second-order valence-corrected chi connectivity index (χ2v) is 7.55. The molecular formula is C18H21F3N4OS. The summed E-state index contributed by atoms with van der Waals surface area (Å²) in [6, 6.07) is 4.96. The zero-order chi connectivity index (χ0) is 19.4. The van der Waals surface area contributed by atoms with E-state index in [1.165, 1.54) is 43.2 Å². The first-order chi connectivity index (χ1) is 12.8. The molecule has 1 saturated carbocycles. The molecule has 9 heteroatoms. The molecule has 2 aromatic rings. The van der Waals surface area contributed by atoms with Crippen LogP contribution in [0, 0.1) is 6.92 Å². The molecule has 146 valence electrons. The van der Waals surface area contributed by atoms with Crippen LogP contribution in [0.1, 0.15) is 49.5 Å². The number of nitrogens with zero attached hydrogens (tertiary/aromatic N) is 3. The van der Waals surface area contributed by atoms with Gasteiger partial charge in [0.1, 0.15) is 5.82 Å². The molecule has 5 nitrogen and oxygen atoms in total. The molecule has 0 aliphatic heterocycles. The summed E-state index contributed by atoms with van der Waals surface area (Å²) in [6.07, 6.45) is 1.28. The number of halogens is 3. The fourth-order valence-corrected chi connectivity index (χ4v) is 4.16. The van der Waals surface area contributed by atoms with Crippen LogP contribution in [0.25, 0.3) is 0 Å². The second kappa shape index (κ2) is 8.33. The molecule has 1 aromatic carbocycles. The zero-order valence-corrected chi connectivity index (χ0v) is 15.7. The minimum absolute atomic E-state index is 0.0566. The third-order valence-corrected chi connectivity index (χ3v) is 5.52. The fourth-order valence-electron chi connectivity index (χ4n) is 3.31. The van der Waals surface area contributed by atoms with Gasteiger partial charge in [-0.25, -0.2) is 0 Å². The Labute approximate surface area is 159 Å². The standard InChI is InChI=1S/C18H21F3N4OS/c1-12-23-24-17(25(12)15-8-3-2-4-9-15)27-11-16(26)22-14-7-5-6-13(10-14)18(19,20)21/h5-7,10,15H,2-4,8-9,11H2,1H3,(H,22,26). The number of carbonyl (C=O) groups is 1. The van der Waals surface area contributed by atoms with Crippen molar-refractivity contribution >= 4 is 23.4 Å². The van der Waals surface area contributed by atoms with Crippen molar-refractivity contribution in [3.05, 3.63) is 35.7 Å². The molecule has 0 atom stereocenters. The predicted octanol–water partition coefficient (Wildman–Crippen LogP) is 4.84. The zero-order valence-electron chi connectivity index (χ0n) is 14.9. The third-order valence-electron chi connectivity index (χ3n) is 4.58. The minimum atomic E-state index is -4.44. The van der Waals surface area contributed by atoms with Crippen LogP contribution in [0.3, 0.4) is 0 Å². The highest BCUT2D eigenvalue weighted by molar-refractivity contribution is 7.99. The second-order valence-electron chi connectivity index (χ2n) is 6.61. The van der Waals surface area contributed by atoms with Gasteiger partial charge in [0.2, 0.25) is 5.91 Å². The van der Waals surface area contributed by atoms with Crippen LogP contribution in [0.5, 0.6) is 0 Å². The monoisotopic (exact) mass is 398 g/mol. The number of aryl methyl sites for hydroxylation is 1. The Hall–Kier alpha value is -2.03. The molecule has 27 heavy (non-hydrogen) atoms. The number of benzene rings is 1. The lowest BCUT2D eigenvalue weighted by atomic mass is 9.95. The van der Waals surface area contributed by atoms with Gasteiger partial charge in [0.05, 0.1) is 11.3 Å². The van der Waals surface area contributed by atoms with Crippen LogP contribution in [0.2, 0.25) is 0 Å². The lowest BCUT2D eigenvalue weighted by Crippen LogP contribution is -2.17. The first kappa shape index (κ1) is 19.7. The quantitative estimate of drug-likeness (QED) is 0.732. The van der Waals surface area contributed by atoms with E-state index in [2.05, 4.69) is 20.1 Å². The van der Waals surface area contributed by atoms with Gasteiger partial charge in [-0.3, -0.25) is 4.79 Å². The van der Waals surface area contributed by atoms with Crippen LogP contribution >= 0.6 is 11.8 Å². The first-order valence-corrected chi connectivity index (χ1v) is 9.84. The van der Waals surface area contributed by atoms with E-state index >= 15 is 0 Å². The summed E-state index contributed by atoms with van der Waals surface area (Å²) >= 11 is 1.25. The first-order valence-electron chi connectivity index (χ1n) is 8.86. The third kappa shape index (κ3) is 5.03. The van der Waals surface area contributed by atoms with E-state index in [1.54, 1.807) is 0 Å². The Morgan fingerprint density at radius 2 is 2.00 bits per heavy atom. The van der Waals surface area contributed by atoms with Crippen molar-refractivity contribution in [3.63, 3.8) is 0 Å². The number of nitrogens with one attached hydrogen (secondary N) is 1. The molecule has 0 radical (unpaired) electrons. The molecule has 1 aliphatic carbocycles. The SMILES string of the molecule is Cc1nnc(SCC(=O)Nc2cccc(C(F)(F)F)c2)n1C1CCCCC1. The number of thioether (sulfide) groups is 1. The van der Waals surface area contributed by atoms with Crippen LogP contribution in [0.4, 0.5) is 18.9 Å². The number of rotatable bonds is 5. The molecule has 0 unspecified atom stereocenters. The van der Waals surface area contributed by atoms with Gasteiger partial charge in [-0.05, 0) is 38.0 Å². The summed E-state index contributed by atoms with van der Waals surface area (Å²) in [5.41, 5.74) is -0.666. The number of carbonyl (C=O) groups excluding carboxylic acids is 1. The van der Waals surface area contributed by atoms with Gasteiger partial charge in [-0.1, -0.05) is 37.1 Å². The molecule has 0 saturated heterocycles. The molecule has 0 bridgehead atoms. The maximum absolute atomic E-state index is 12.8. The van der Waals surface area contributed by atoms with Crippen LogP contribution in [0.15, 0.2) is 29.4 Å². The van der Waals surface area contributed by atoms with Gasteiger partial charge in [0.15, 0.2) is 5.16 Å². The molecule has 1 aromatic heterocycles. The Bertz CT molecular complexity index is 800. The number of anilines is 1. The Kier molecular flexibility index (Phi) is 6.08. The van der Waals surface area contributed by atoms with Crippen molar-refractivity contribution in [2.75, 3.05) is 11.1 Å². The van der Waals surface area contributed by atoms with Crippen molar-refractivity contribution in [2.45, 2.75) is 56.4 Å². The van der Waals surface area contributed by atoms with E-state index < -0.39 is 11.7 Å². The van der Waals surface area contributed by atoms with Crippen molar-refractivity contribution in [1.29, 1.82) is 0 Å². The highest BCUT2D eigenvalue weighted by Gasteiger charge is 2.30. The van der Waals surface area contributed by atoms with E-state index in [0.717, 1.165) is 30.8 Å².